The van der Waals surface area contributed by atoms with Crippen molar-refractivity contribution in [1.82, 2.24) is 25.0 Å². The topological polar surface area (TPSA) is 55.2 Å². The SMILES string of the molecule is COc1cccc(-c2nc(-n3nc(CNCCN(C)C)c4cc(C(F)(F)F)ccc43)sc2C(C)C)c1. The fourth-order valence-corrected chi connectivity index (χ4v) is 4.98. The fraction of sp³-hybridized carbons (Fsp3) is 0.385. The Labute approximate surface area is 212 Å². The molecule has 192 valence electrons. The molecule has 0 fully saturated rings. The minimum Gasteiger partial charge on any atom is -0.497 e. The van der Waals surface area contributed by atoms with Gasteiger partial charge in [0.05, 0.1) is 29.6 Å². The van der Waals surface area contributed by atoms with Crippen molar-refractivity contribution in [2.45, 2.75) is 32.5 Å². The molecule has 0 spiro atoms. The summed E-state index contributed by atoms with van der Waals surface area (Å²) < 4.78 is 47.5. The molecule has 6 nitrogen and oxygen atoms in total. The minimum atomic E-state index is -4.43. The molecule has 4 aromatic rings. The van der Waals surface area contributed by atoms with Gasteiger partial charge in [0.2, 0.25) is 5.13 Å². The highest BCUT2D eigenvalue weighted by molar-refractivity contribution is 7.14. The van der Waals surface area contributed by atoms with Crippen LogP contribution in [0.5, 0.6) is 5.75 Å². The van der Waals surface area contributed by atoms with Crippen LogP contribution in [-0.2, 0) is 12.7 Å². The van der Waals surface area contributed by atoms with Crippen molar-refractivity contribution in [2.75, 3.05) is 34.3 Å². The van der Waals surface area contributed by atoms with Crippen LogP contribution >= 0.6 is 11.3 Å². The van der Waals surface area contributed by atoms with Crippen LogP contribution in [0, 0.1) is 0 Å². The Balaban J connectivity index is 1.81. The van der Waals surface area contributed by atoms with Gasteiger partial charge >= 0.3 is 6.18 Å². The zero-order valence-electron chi connectivity index (χ0n) is 21.0. The van der Waals surface area contributed by atoms with Crippen molar-refractivity contribution < 1.29 is 17.9 Å². The smallest absolute Gasteiger partial charge is 0.416 e. The van der Waals surface area contributed by atoms with Gasteiger partial charge in [-0.25, -0.2) is 9.67 Å². The van der Waals surface area contributed by atoms with Gasteiger partial charge in [-0.1, -0.05) is 37.3 Å². The maximum atomic E-state index is 13.5. The van der Waals surface area contributed by atoms with E-state index in [1.165, 1.54) is 23.5 Å². The number of methoxy groups -OCH3 is 1. The second-order valence-corrected chi connectivity index (χ2v) is 10.2. The zero-order chi connectivity index (χ0) is 26.0. The molecule has 36 heavy (non-hydrogen) atoms. The monoisotopic (exact) mass is 517 g/mol. The zero-order valence-corrected chi connectivity index (χ0v) is 21.8. The van der Waals surface area contributed by atoms with Crippen LogP contribution in [0.15, 0.2) is 42.5 Å². The number of alkyl halides is 3. The Morgan fingerprint density at radius 2 is 1.92 bits per heavy atom. The van der Waals surface area contributed by atoms with Crippen LogP contribution < -0.4 is 10.1 Å². The number of hydrogen-bond donors (Lipinski definition) is 1. The highest BCUT2D eigenvalue weighted by Gasteiger charge is 2.31. The maximum Gasteiger partial charge on any atom is 0.416 e. The Morgan fingerprint density at radius 3 is 2.58 bits per heavy atom. The first-order valence-corrected chi connectivity index (χ1v) is 12.5. The van der Waals surface area contributed by atoms with Gasteiger partial charge in [0.25, 0.3) is 0 Å². The summed E-state index contributed by atoms with van der Waals surface area (Å²) >= 11 is 1.50. The van der Waals surface area contributed by atoms with Crippen molar-refractivity contribution >= 4 is 22.2 Å². The molecule has 1 N–H and O–H groups in total. The fourth-order valence-electron chi connectivity index (χ4n) is 3.92. The van der Waals surface area contributed by atoms with Crippen molar-refractivity contribution in [3.8, 4) is 22.1 Å². The number of benzene rings is 2. The molecule has 4 rings (SSSR count). The van der Waals surface area contributed by atoms with Gasteiger partial charge in [0.15, 0.2) is 0 Å². The summed E-state index contributed by atoms with van der Waals surface area (Å²) in [6, 6.07) is 11.5. The van der Waals surface area contributed by atoms with Gasteiger partial charge in [-0.2, -0.15) is 18.3 Å². The quantitative estimate of drug-likeness (QED) is 0.278. The minimum absolute atomic E-state index is 0.197. The van der Waals surface area contributed by atoms with Crippen LogP contribution in [0.2, 0.25) is 0 Å². The number of hydrogen-bond acceptors (Lipinski definition) is 6. The first-order valence-electron chi connectivity index (χ1n) is 11.7. The van der Waals surface area contributed by atoms with Gasteiger partial charge in [-0.3, -0.25) is 0 Å². The number of aromatic nitrogens is 3. The van der Waals surface area contributed by atoms with Crippen LogP contribution in [0.3, 0.4) is 0 Å². The molecule has 0 radical (unpaired) electrons. The Bertz CT molecular complexity index is 1340. The summed E-state index contributed by atoms with van der Waals surface area (Å²) in [5.41, 5.74) is 2.20. The number of nitrogens with zero attached hydrogens (tertiary/aromatic N) is 4. The number of fused-ring (bicyclic) bond motifs is 1. The molecule has 0 aliphatic carbocycles. The number of halogens is 3. The molecule has 0 unspecified atom stereocenters. The third kappa shape index (κ3) is 5.55. The molecule has 0 bridgehead atoms. The number of thiazole rings is 1. The van der Waals surface area contributed by atoms with E-state index in [4.69, 9.17) is 14.8 Å². The summed E-state index contributed by atoms with van der Waals surface area (Å²) in [6.07, 6.45) is -4.43. The van der Waals surface area contributed by atoms with Gasteiger partial charge in [0.1, 0.15) is 5.75 Å². The second kappa shape index (κ2) is 10.6. The third-order valence-electron chi connectivity index (χ3n) is 5.80. The molecule has 0 aliphatic heterocycles. The largest absolute Gasteiger partial charge is 0.497 e. The van der Waals surface area contributed by atoms with E-state index >= 15 is 0 Å². The van der Waals surface area contributed by atoms with Crippen LogP contribution in [0.25, 0.3) is 27.3 Å². The molecule has 0 aliphatic rings. The van der Waals surface area contributed by atoms with Crippen LogP contribution in [-0.4, -0.2) is 54.0 Å². The van der Waals surface area contributed by atoms with Crippen molar-refractivity contribution in [1.29, 1.82) is 0 Å². The van der Waals surface area contributed by atoms with E-state index in [9.17, 15) is 13.2 Å². The number of ether oxygens (including phenoxy) is 1. The highest BCUT2D eigenvalue weighted by atomic mass is 32.1. The van der Waals surface area contributed by atoms with Gasteiger partial charge in [0, 0.05) is 35.5 Å². The lowest BCUT2D eigenvalue weighted by Gasteiger charge is -2.09. The predicted molar refractivity (Wildman–Crippen MR) is 138 cm³/mol. The van der Waals surface area contributed by atoms with E-state index in [0.717, 1.165) is 34.5 Å². The van der Waals surface area contributed by atoms with Crippen LogP contribution in [0.4, 0.5) is 13.2 Å². The van der Waals surface area contributed by atoms with Crippen LogP contribution in [0.1, 0.15) is 35.9 Å². The number of likely N-dealkylation sites (N-methyl/N-ethyl adjacent to an activating group) is 1. The average Bonchev–Trinajstić information content (AvgIpc) is 3.43. The van der Waals surface area contributed by atoms with Crippen molar-refractivity contribution in [3.63, 3.8) is 0 Å². The Hall–Kier alpha value is -2.95. The van der Waals surface area contributed by atoms with E-state index < -0.39 is 11.7 Å². The third-order valence-corrected chi connectivity index (χ3v) is 7.13. The number of nitrogens with one attached hydrogen (secondary N) is 1. The molecule has 0 saturated carbocycles. The molecule has 0 saturated heterocycles. The standard InChI is InChI=1S/C26H30F3N5OS/c1-16(2)24-23(17-7-6-8-19(13-17)35-5)31-25(36-24)34-22-10-9-18(26(27,28)29)14-20(22)21(32-34)15-30-11-12-33(3)4/h6-10,13-14,16,30H,11-12,15H2,1-5H3. The van der Waals surface area contributed by atoms with Crippen molar-refractivity contribution in [3.05, 3.63) is 58.6 Å². The lowest BCUT2D eigenvalue weighted by Crippen LogP contribution is -2.26. The maximum absolute atomic E-state index is 13.5. The lowest BCUT2D eigenvalue weighted by molar-refractivity contribution is -0.137. The highest BCUT2D eigenvalue weighted by Crippen LogP contribution is 2.38. The van der Waals surface area contributed by atoms with Gasteiger partial charge in [-0.05, 0) is 50.3 Å². The Morgan fingerprint density at radius 1 is 1.14 bits per heavy atom. The van der Waals surface area contributed by atoms with Gasteiger partial charge < -0.3 is 15.0 Å². The summed E-state index contributed by atoms with van der Waals surface area (Å²) in [5.74, 6) is 0.926. The molecule has 0 atom stereocenters. The first kappa shape index (κ1) is 26.1. The summed E-state index contributed by atoms with van der Waals surface area (Å²) in [5, 5.41) is 9.11. The summed E-state index contributed by atoms with van der Waals surface area (Å²) in [4.78, 5) is 8.02. The molecule has 2 aromatic heterocycles. The Kier molecular flexibility index (Phi) is 7.67. The van der Waals surface area contributed by atoms with Crippen molar-refractivity contribution in [2.24, 2.45) is 0 Å². The molecular weight excluding hydrogens is 487 g/mol. The first-order chi connectivity index (χ1) is 17.1. The molecule has 2 aromatic carbocycles. The summed E-state index contributed by atoms with van der Waals surface area (Å²) in [6.45, 7) is 6.04. The molecule has 2 heterocycles. The van der Waals surface area contributed by atoms with E-state index in [1.807, 2.05) is 43.3 Å². The van der Waals surface area contributed by atoms with Gasteiger partial charge in [-0.15, -0.1) is 0 Å². The predicted octanol–water partition coefficient (Wildman–Crippen LogP) is 5.95. The van der Waals surface area contributed by atoms with E-state index in [1.54, 1.807) is 11.8 Å². The lowest BCUT2D eigenvalue weighted by atomic mass is 10.1. The molecule has 10 heteroatoms. The second-order valence-electron chi connectivity index (χ2n) is 9.16. The average molecular weight is 518 g/mol. The molecule has 0 amide bonds. The number of rotatable bonds is 9. The normalized spacial score (nSPS) is 12.3. The molecular formula is C26H30F3N5OS. The van der Waals surface area contributed by atoms with E-state index in [0.29, 0.717) is 34.8 Å². The van der Waals surface area contributed by atoms with E-state index in [-0.39, 0.29) is 5.92 Å². The summed E-state index contributed by atoms with van der Waals surface area (Å²) in [7, 11) is 5.56. The van der Waals surface area contributed by atoms with E-state index in [2.05, 4.69) is 19.2 Å².